The number of hydrogen-bond donors (Lipinski definition) is 2. The number of quaternary nitrogens is 1. The number of halogens is 1. The number of anilines is 1. The van der Waals surface area contributed by atoms with Crippen LogP contribution in [0.2, 0.25) is 0 Å². The van der Waals surface area contributed by atoms with E-state index < -0.39 is 5.82 Å². The number of rotatable bonds is 6. The molecule has 126 valence electrons. The Morgan fingerprint density at radius 3 is 1.92 bits per heavy atom. The molecule has 4 heteroatoms. The molecule has 0 unspecified atom stereocenters. The predicted octanol–water partition coefficient (Wildman–Crippen LogP) is 3.12. The monoisotopic (exact) mass is 335 g/mol. The van der Waals surface area contributed by atoms with Gasteiger partial charge < -0.3 is 10.6 Å². The zero-order valence-electron chi connectivity index (χ0n) is 13.7. The van der Waals surface area contributed by atoms with E-state index in [0.29, 0.717) is 0 Å². The molecular weight excluding hydrogens is 315 g/mol. The number of carbonyl (C=O) groups excluding carboxylic acids is 1. The molecule has 0 aromatic heterocycles. The highest BCUT2D eigenvalue weighted by Gasteiger charge is 2.19. The molecule has 0 aliphatic carbocycles. The smallest absolute Gasteiger partial charge is 0.279 e. The van der Waals surface area contributed by atoms with E-state index in [1.807, 2.05) is 66.0 Å². The maximum atomic E-state index is 13.7. The second-order valence-corrected chi connectivity index (χ2v) is 5.77. The minimum atomic E-state index is -0.432. The van der Waals surface area contributed by atoms with Gasteiger partial charge in [0.2, 0.25) is 0 Å². The van der Waals surface area contributed by atoms with Crippen molar-refractivity contribution >= 4 is 11.6 Å². The third-order valence-corrected chi connectivity index (χ3v) is 4.00. The highest BCUT2D eigenvalue weighted by molar-refractivity contribution is 5.91. The first-order valence-corrected chi connectivity index (χ1v) is 8.21. The number of amides is 1. The summed E-state index contributed by atoms with van der Waals surface area (Å²) in [5.41, 5.74) is 2.44. The number of carbonyl (C=O) groups is 1. The van der Waals surface area contributed by atoms with Crippen molar-refractivity contribution in [3.63, 3.8) is 0 Å². The van der Waals surface area contributed by atoms with Gasteiger partial charge in [0, 0.05) is 11.1 Å². The first kappa shape index (κ1) is 16.9. The zero-order valence-corrected chi connectivity index (χ0v) is 13.7. The van der Waals surface area contributed by atoms with Gasteiger partial charge in [-0.05, 0) is 12.1 Å². The van der Waals surface area contributed by atoms with Gasteiger partial charge in [0.15, 0.2) is 6.54 Å². The van der Waals surface area contributed by atoms with Gasteiger partial charge >= 0.3 is 0 Å². The summed E-state index contributed by atoms with van der Waals surface area (Å²) in [6, 6.07) is 26.2. The van der Waals surface area contributed by atoms with Crippen LogP contribution in [0, 0.1) is 5.82 Å². The summed E-state index contributed by atoms with van der Waals surface area (Å²) < 4.78 is 13.7. The van der Waals surface area contributed by atoms with Crippen molar-refractivity contribution in [1.82, 2.24) is 0 Å². The number of hydrogen-bond acceptors (Lipinski definition) is 1. The third kappa shape index (κ3) is 4.52. The average Bonchev–Trinajstić information content (AvgIpc) is 2.66. The van der Waals surface area contributed by atoms with E-state index in [-0.39, 0.29) is 24.2 Å². The van der Waals surface area contributed by atoms with E-state index >= 15 is 0 Å². The van der Waals surface area contributed by atoms with Crippen LogP contribution < -0.4 is 10.6 Å². The Kier molecular flexibility index (Phi) is 5.54. The van der Waals surface area contributed by atoms with Crippen LogP contribution in [0.15, 0.2) is 84.9 Å². The Bertz CT molecular complexity index is 782. The van der Waals surface area contributed by atoms with Crippen molar-refractivity contribution in [2.24, 2.45) is 0 Å². The van der Waals surface area contributed by atoms with Gasteiger partial charge in [-0.2, -0.15) is 0 Å². The molecule has 0 spiro atoms. The van der Waals surface area contributed by atoms with Crippen molar-refractivity contribution in [2.45, 2.75) is 6.04 Å². The van der Waals surface area contributed by atoms with E-state index in [1.165, 1.54) is 6.07 Å². The summed E-state index contributed by atoms with van der Waals surface area (Å²) in [7, 11) is 0. The third-order valence-electron chi connectivity index (χ3n) is 4.00. The van der Waals surface area contributed by atoms with Crippen molar-refractivity contribution in [2.75, 3.05) is 11.9 Å². The Labute approximate surface area is 146 Å². The van der Waals surface area contributed by atoms with Crippen LogP contribution in [0.5, 0.6) is 0 Å². The fourth-order valence-electron chi connectivity index (χ4n) is 2.77. The fraction of sp³-hybridized carbons (Fsp3) is 0.0952. The van der Waals surface area contributed by atoms with E-state index in [4.69, 9.17) is 0 Å². The molecule has 3 N–H and O–H groups in total. The first-order chi connectivity index (χ1) is 12.2. The lowest BCUT2D eigenvalue weighted by atomic mass is 9.99. The summed E-state index contributed by atoms with van der Waals surface area (Å²) in [6.07, 6.45) is 0. The van der Waals surface area contributed by atoms with Crippen LogP contribution >= 0.6 is 0 Å². The quantitative estimate of drug-likeness (QED) is 0.714. The second kappa shape index (κ2) is 8.22. The molecule has 0 saturated carbocycles. The van der Waals surface area contributed by atoms with Gasteiger partial charge in [-0.15, -0.1) is 0 Å². The normalized spacial score (nSPS) is 10.6. The molecule has 3 nitrogen and oxygen atoms in total. The molecule has 0 bridgehead atoms. The molecular formula is C21H20FN2O+. The minimum Gasteiger partial charge on any atom is -0.328 e. The second-order valence-electron chi connectivity index (χ2n) is 5.77. The molecule has 3 aromatic rings. The molecule has 0 aliphatic rings. The van der Waals surface area contributed by atoms with E-state index in [9.17, 15) is 9.18 Å². The summed E-state index contributed by atoms with van der Waals surface area (Å²) in [4.78, 5) is 12.2. The summed E-state index contributed by atoms with van der Waals surface area (Å²) >= 11 is 0. The molecule has 25 heavy (non-hydrogen) atoms. The lowest BCUT2D eigenvalue weighted by Gasteiger charge is -2.16. The maximum absolute atomic E-state index is 13.7. The van der Waals surface area contributed by atoms with Gasteiger partial charge in [0.1, 0.15) is 11.9 Å². The van der Waals surface area contributed by atoms with Gasteiger partial charge in [-0.3, -0.25) is 4.79 Å². The maximum Gasteiger partial charge on any atom is 0.279 e. The van der Waals surface area contributed by atoms with Crippen LogP contribution in [0.4, 0.5) is 10.1 Å². The first-order valence-electron chi connectivity index (χ1n) is 8.21. The van der Waals surface area contributed by atoms with Crippen molar-refractivity contribution in [1.29, 1.82) is 0 Å². The lowest BCUT2D eigenvalue weighted by molar-refractivity contribution is -0.676. The summed E-state index contributed by atoms with van der Waals surface area (Å²) in [5, 5.41) is 4.58. The van der Waals surface area contributed by atoms with E-state index in [0.717, 1.165) is 11.1 Å². The molecule has 0 aliphatic heterocycles. The largest absolute Gasteiger partial charge is 0.328 e. The highest BCUT2D eigenvalue weighted by Crippen LogP contribution is 2.17. The minimum absolute atomic E-state index is 0.00812. The topological polar surface area (TPSA) is 45.7 Å². The van der Waals surface area contributed by atoms with E-state index in [1.54, 1.807) is 18.2 Å². The summed E-state index contributed by atoms with van der Waals surface area (Å²) in [5.74, 6) is -0.666. The van der Waals surface area contributed by atoms with Crippen LogP contribution in [0.25, 0.3) is 0 Å². The average molecular weight is 335 g/mol. The number of nitrogens with one attached hydrogen (secondary N) is 1. The molecule has 0 saturated heterocycles. The molecule has 3 aromatic carbocycles. The van der Waals surface area contributed by atoms with Crippen molar-refractivity contribution in [3.8, 4) is 0 Å². The van der Waals surface area contributed by atoms with E-state index in [2.05, 4.69) is 5.32 Å². The molecule has 0 fully saturated rings. The Hall–Kier alpha value is -2.98. The predicted molar refractivity (Wildman–Crippen MR) is 96.5 cm³/mol. The van der Waals surface area contributed by atoms with Crippen LogP contribution in [-0.4, -0.2) is 12.5 Å². The van der Waals surface area contributed by atoms with Crippen molar-refractivity contribution < 1.29 is 14.5 Å². The molecule has 0 atom stereocenters. The molecule has 0 heterocycles. The Morgan fingerprint density at radius 2 is 1.36 bits per heavy atom. The molecule has 0 radical (unpaired) electrons. The number of para-hydroxylation sites is 1. The SMILES string of the molecule is O=C(C[NH2+]C(c1ccccc1)c1ccccc1)Nc1ccccc1F. The van der Waals surface area contributed by atoms with Gasteiger partial charge in [0.05, 0.1) is 5.69 Å². The fourth-order valence-corrected chi connectivity index (χ4v) is 2.77. The zero-order chi connectivity index (χ0) is 17.5. The Morgan fingerprint density at radius 1 is 0.840 bits per heavy atom. The van der Waals surface area contributed by atoms with Crippen LogP contribution in [-0.2, 0) is 4.79 Å². The summed E-state index contributed by atoms with van der Waals surface area (Å²) in [6.45, 7) is 0.197. The van der Waals surface area contributed by atoms with Gasteiger partial charge in [-0.25, -0.2) is 4.39 Å². The number of benzene rings is 3. The van der Waals surface area contributed by atoms with Crippen LogP contribution in [0.3, 0.4) is 0 Å². The van der Waals surface area contributed by atoms with Gasteiger partial charge in [0.25, 0.3) is 5.91 Å². The number of nitrogens with two attached hydrogens (primary N) is 1. The Balaban J connectivity index is 1.71. The standard InChI is InChI=1S/C21H19FN2O/c22-18-13-7-8-14-19(18)24-20(25)15-23-21(16-9-3-1-4-10-16)17-11-5-2-6-12-17/h1-14,21,23H,15H2,(H,24,25)/p+1. The molecule has 1 amide bonds. The van der Waals surface area contributed by atoms with Gasteiger partial charge in [-0.1, -0.05) is 72.8 Å². The highest BCUT2D eigenvalue weighted by atomic mass is 19.1. The van der Waals surface area contributed by atoms with Crippen molar-refractivity contribution in [3.05, 3.63) is 102 Å². The lowest BCUT2D eigenvalue weighted by Crippen LogP contribution is -2.87. The van der Waals surface area contributed by atoms with Crippen LogP contribution in [0.1, 0.15) is 17.2 Å². The molecule has 3 rings (SSSR count).